The average molecular weight is 296 g/mol. The second-order valence-corrected chi connectivity index (χ2v) is 6.94. The summed E-state index contributed by atoms with van der Waals surface area (Å²) < 4.78 is 40.3. The molecule has 0 aromatic heterocycles. The Morgan fingerprint density at radius 3 is 2.35 bits per heavy atom. The molecule has 2 unspecified atom stereocenters. The number of rotatable bonds is 4. The number of ether oxygens (including phenoxy) is 1. The standard InChI is InChI=1S/C14H27F3N2O/c1-6-13(5)10-19(7-8-20-14(15,16)17)11(9-18-13)12(2,3)4/h11,18H,6-10H2,1-5H3. The van der Waals surface area contributed by atoms with Gasteiger partial charge in [-0.05, 0) is 18.8 Å². The fraction of sp³-hybridized carbons (Fsp3) is 1.00. The zero-order valence-corrected chi connectivity index (χ0v) is 13.1. The monoisotopic (exact) mass is 296 g/mol. The van der Waals surface area contributed by atoms with Crippen LogP contribution >= 0.6 is 0 Å². The first kappa shape index (κ1) is 17.7. The van der Waals surface area contributed by atoms with Crippen LogP contribution in [0.2, 0.25) is 0 Å². The predicted molar refractivity (Wildman–Crippen MR) is 73.5 cm³/mol. The highest BCUT2D eigenvalue weighted by Crippen LogP contribution is 2.30. The third-order valence-corrected chi connectivity index (χ3v) is 4.14. The molecule has 0 saturated carbocycles. The Kier molecular flexibility index (Phi) is 5.49. The minimum atomic E-state index is -4.54. The normalized spacial score (nSPS) is 29.7. The molecule has 3 nitrogen and oxygen atoms in total. The lowest BCUT2D eigenvalue weighted by atomic mass is 9.81. The SMILES string of the molecule is CCC1(C)CN(CCOC(F)(F)F)C(C(C)(C)C)CN1. The Hall–Kier alpha value is -0.330. The van der Waals surface area contributed by atoms with E-state index in [1.165, 1.54) is 0 Å². The molecule has 0 aromatic carbocycles. The van der Waals surface area contributed by atoms with E-state index in [1.54, 1.807) is 0 Å². The first-order valence-electron chi connectivity index (χ1n) is 7.17. The lowest BCUT2D eigenvalue weighted by molar-refractivity contribution is -0.325. The van der Waals surface area contributed by atoms with Gasteiger partial charge in [-0.25, -0.2) is 0 Å². The number of halogens is 3. The minimum absolute atomic E-state index is 0.0142. The summed E-state index contributed by atoms with van der Waals surface area (Å²) in [6.07, 6.45) is -3.60. The van der Waals surface area contributed by atoms with Gasteiger partial charge in [-0.1, -0.05) is 27.7 Å². The predicted octanol–water partition coefficient (Wildman–Crippen LogP) is 3.01. The van der Waals surface area contributed by atoms with Crippen LogP contribution in [0.15, 0.2) is 0 Å². The van der Waals surface area contributed by atoms with Gasteiger partial charge >= 0.3 is 6.36 Å². The average Bonchev–Trinajstić information content (AvgIpc) is 2.25. The van der Waals surface area contributed by atoms with Crippen molar-refractivity contribution in [1.82, 2.24) is 10.2 Å². The van der Waals surface area contributed by atoms with Crippen molar-refractivity contribution in [3.8, 4) is 0 Å². The summed E-state index contributed by atoms with van der Waals surface area (Å²) in [5.41, 5.74) is -0.0275. The molecule has 1 N–H and O–H groups in total. The van der Waals surface area contributed by atoms with Gasteiger partial charge in [-0.15, -0.1) is 13.2 Å². The fourth-order valence-electron chi connectivity index (χ4n) is 2.69. The van der Waals surface area contributed by atoms with Gasteiger partial charge in [0.1, 0.15) is 0 Å². The number of hydrogen-bond donors (Lipinski definition) is 1. The van der Waals surface area contributed by atoms with E-state index in [4.69, 9.17) is 0 Å². The molecular formula is C14H27F3N2O. The van der Waals surface area contributed by atoms with Crippen LogP contribution in [0.1, 0.15) is 41.0 Å². The van der Waals surface area contributed by atoms with Gasteiger partial charge in [0.15, 0.2) is 0 Å². The Morgan fingerprint density at radius 2 is 1.90 bits per heavy atom. The molecule has 0 spiro atoms. The van der Waals surface area contributed by atoms with Crippen LogP contribution in [-0.4, -0.2) is 49.1 Å². The van der Waals surface area contributed by atoms with Gasteiger partial charge in [0.05, 0.1) is 6.61 Å². The van der Waals surface area contributed by atoms with Crippen LogP contribution in [0, 0.1) is 5.41 Å². The van der Waals surface area contributed by atoms with Gasteiger partial charge in [0, 0.05) is 31.2 Å². The molecule has 6 heteroatoms. The van der Waals surface area contributed by atoms with Gasteiger partial charge in [0.25, 0.3) is 0 Å². The molecule has 1 aliphatic rings. The fourth-order valence-corrected chi connectivity index (χ4v) is 2.69. The summed E-state index contributed by atoms with van der Waals surface area (Å²) in [5.74, 6) is 0. The van der Waals surface area contributed by atoms with Crippen molar-refractivity contribution in [3.05, 3.63) is 0 Å². The van der Waals surface area contributed by atoms with Crippen molar-refractivity contribution < 1.29 is 17.9 Å². The molecular weight excluding hydrogens is 269 g/mol. The molecule has 1 aliphatic heterocycles. The summed E-state index contributed by atoms with van der Waals surface area (Å²) in [7, 11) is 0. The van der Waals surface area contributed by atoms with Gasteiger partial charge in [-0.2, -0.15) is 0 Å². The van der Waals surface area contributed by atoms with E-state index in [2.05, 4.69) is 49.6 Å². The molecule has 120 valence electrons. The summed E-state index contributed by atoms with van der Waals surface area (Å²) in [4.78, 5) is 2.13. The molecule has 0 aliphatic carbocycles. The highest BCUT2D eigenvalue weighted by molar-refractivity contribution is 4.98. The van der Waals surface area contributed by atoms with Gasteiger partial charge in [-0.3, -0.25) is 9.64 Å². The zero-order chi connectivity index (χ0) is 15.6. The number of hydrogen-bond acceptors (Lipinski definition) is 3. The summed E-state index contributed by atoms with van der Waals surface area (Å²) in [6, 6.07) is 0.207. The maximum absolute atomic E-state index is 12.1. The molecule has 1 fully saturated rings. The lowest BCUT2D eigenvalue weighted by Gasteiger charge is -2.50. The van der Waals surface area contributed by atoms with Crippen LogP contribution < -0.4 is 5.32 Å². The highest BCUT2D eigenvalue weighted by atomic mass is 19.4. The molecule has 20 heavy (non-hydrogen) atoms. The first-order chi connectivity index (χ1) is 8.97. The van der Waals surface area contributed by atoms with Crippen molar-refractivity contribution in [2.24, 2.45) is 5.41 Å². The quantitative estimate of drug-likeness (QED) is 0.863. The lowest BCUT2D eigenvalue weighted by Crippen LogP contribution is -2.66. The number of piperazine rings is 1. The summed E-state index contributed by atoms with van der Waals surface area (Å²) in [6.45, 7) is 12.1. The third-order valence-electron chi connectivity index (χ3n) is 4.14. The number of nitrogens with zero attached hydrogens (tertiary/aromatic N) is 1. The van der Waals surface area contributed by atoms with Crippen LogP contribution in [-0.2, 0) is 4.74 Å². The van der Waals surface area contributed by atoms with Crippen molar-refractivity contribution in [3.63, 3.8) is 0 Å². The van der Waals surface area contributed by atoms with E-state index >= 15 is 0 Å². The zero-order valence-electron chi connectivity index (χ0n) is 13.1. The van der Waals surface area contributed by atoms with Gasteiger partial charge in [0.2, 0.25) is 0 Å². The van der Waals surface area contributed by atoms with Crippen LogP contribution in [0.25, 0.3) is 0 Å². The Labute approximate surface area is 119 Å². The van der Waals surface area contributed by atoms with Crippen LogP contribution in [0.4, 0.5) is 13.2 Å². The molecule has 2 atom stereocenters. The first-order valence-corrected chi connectivity index (χ1v) is 7.17. The molecule has 0 amide bonds. The maximum Gasteiger partial charge on any atom is 0.522 e. The van der Waals surface area contributed by atoms with Crippen LogP contribution in [0.3, 0.4) is 0 Å². The Balaban J connectivity index is 2.68. The topological polar surface area (TPSA) is 24.5 Å². The van der Waals surface area contributed by atoms with Crippen LogP contribution in [0.5, 0.6) is 0 Å². The van der Waals surface area contributed by atoms with E-state index in [-0.39, 0.29) is 23.6 Å². The summed E-state index contributed by atoms with van der Waals surface area (Å²) in [5, 5.41) is 3.53. The van der Waals surface area contributed by atoms with Gasteiger partial charge < -0.3 is 5.32 Å². The van der Waals surface area contributed by atoms with E-state index in [1.807, 2.05) is 0 Å². The molecule has 1 rings (SSSR count). The maximum atomic E-state index is 12.1. The van der Waals surface area contributed by atoms with Crippen molar-refractivity contribution in [1.29, 1.82) is 0 Å². The summed E-state index contributed by atoms with van der Waals surface area (Å²) >= 11 is 0. The largest absolute Gasteiger partial charge is 0.522 e. The third kappa shape index (κ3) is 5.22. The smallest absolute Gasteiger partial charge is 0.309 e. The van der Waals surface area contributed by atoms with E-state index in [0.717, 1.165) is 19.5 Å². The Bertz CT molecular complexity index is 315. The molecule has 1 heterocycles. The second kappa shape index (κ2) is 6.20. The van der Waals surface area contributed by atoms with Crippen molar-refractivity contribution in [2.75, 3.05) is 26.2 Å². The molecule has 0 radical (unpaired) electrons. The molecule has 0 aromatic rings. The molecule has 1 saturated heterocycles. The van der Waals surface area contributed by atoms with Crippen molar-refractivity contribution in [2.45, 2.75) is 59.0 Å². The Morgan fingerprint density at radius 1 is 1.30 bits per heavy atom. The minimum Gasteiger partial charge on any atom is -0.309 e. The van der Waals surface area contributed by atoms with E-state index in [9.17, 15) is 13.2 Å². The van der Waals surface area contributed by atoms with Crippen molar-refractivity contribution >= 4 is 0 Å². The highest BCUT2D eigenvalue weighted by Gasteiger charge is 2.40. The number of alkyl halides is 3. The van der Waals surface area contributed by atoms with E-state index < -0.39 is 6.36 Å². The second-order valence-electron chi connectivity index (χ2n) is 6.94. The molecule has 0 bridgehead atoms. The number of nitrogens with one attached hydrogen (secondary N) is 1. The van der Waals surface area contributed by atoms with E-state index in [0.29, 0.717) is 6.54 Å².